The monoisotopic (exact) mass is 305 g/mol. The summed E-state index contributed by atoms with van der Waals surface area (Å²) >= 11 is 0. The van der Waals surface area contributed by atoms with Gasteiger partial charge in [0.15, 0.2) is 0 Å². The Balaban J connectivity index is 2.49. The van der Waals surface area contributed by atoms with E-state index in [9.17, 15) is 22.6 Å². The van der Waals surface area contributed by atoms with E-state index in [0.717, 1.165) is 11.0 Å². The third-order valence-electron chi connectivity index (χ3n) is 3.54. The van der Waals surface area contributed by atoms with Gasteiger partial charge >= 0.3 is 0 Å². The molecule has 1 aliphatic rings. The van der Waals surface area contributed by atoms with Crippen molar-refractivity contribution in [2.45, 2.75) is 11.8 Å². The van der Waals surface area contributed by atoms with Gasteiger partial charge in [0.1, 0.15) is 4.90 Å². The van der Waals surface area contributed by atoms with Crippen molar-refractivity contribution in [3.05, 3.63) is 41.5 Å². The molecule has 0 fully saturated rings. The van der Waals surface area contributed by atoms with Crippen molar-refractivity contribution in [3.63, 3.8) is 0 Å². The summed E-state index contributed by atoms with van der Waals surface area (Å²) in [6.07, 6.45) is 0. The molecule has 2 amide bonds. The standard InChI is InChI=1S/C14H11NO5S/c1-2-15-13(16)10-7-11(21(18,19)20)8-5-3-4-6-9(8)12(10)14(15)17/h3-7H,2H2,1H3,(H,18,19,20). The van der Waals surface area contributed by atoms with E-state index in [2.05, 4.69) is 0 Å². The number of benzene rings is 2. The SMILES string of the molecule is CCN1C(=O)c2cc(S(=O)(=O)O)c3ccccc3c2C1=O. The molecule has 3 rings (SSSR count). The largest absolute Gasteiger partial charge is 0.295 e. The average molecular weight is 305 g/mol. The van der Waals surface area contributed by atoms with E-state index in [4.69, 9.17) is 0 Å². The summed E-state index contributed by atoms with van der Waals surface area (Å²) in [5.74, 6) is -0.997. The quantitative estimate of drug-likeness (QED) is 0.673. The van der Waals surface area contributed by atoms with Crippen LogP contribution in [0, 0.1) is 0 Å². The predicted octanol–water partition coefficient (Wildman–Crippen LogP) is 1.70. The van der Waals surface area contributed by atoms with E-state index in [1.807, 2.05) is 0 Å². The number of imide groups is 1. The van der Waals surface area contributed by atoms with Crippen LogP contribution in [0.25, 0.3) is 10.8 Å². The number of nitrogens with zero attached hydrogens (tertiary/aromatic N) is 1. The lowest BCUT2D eigenvalue weighted by Crippen LogP contribution is -2.29. The van der Waals surface area contributed by atoms with E-state index in [0.29, 0.717) is 5.39 Å². The van der Waals surface area contributed by atoms with Crippen LogP contribution < -0.4 is 0 Å². The smallest absolute Gasteiger partial charge is 0.282 e. The summed E-state index contributed by atoms with van der Waals surface area (Å²) in [5, 5.41) is 0.565. The number of carbonyl (C=O) groups is 2. The van der Waals surface area contributed by atoms with E-state index < -0.39 is 21.9 Å². The van der Waals surface area contributed by atoms with Gasteiger partial charge in [-0.25, -0.2) is 0 Å². The van der Waals surface area contributed by atoms with E-state index in [-0.39, 0.29) is 28.0 Å². The van der Waals surface area contributed by atoms with Crippen LogP contribution in [0.2, 0.25) is 0 Å². The number of rotatable bonds is 2. The zero-order chi connectivity index (χ0) is 15.4. The Morgan fingerprint density at radius 1 is 1.10 bits per heavy atom. The van der Waals surface area contributed by atoms with Gasteiger partial charge in [-0.2, -0.15) is 8.42 Å². The minimum Gasteiger partial charge on any atom is -0.282 e. The first-order valence-electron chi connectivity index (χ1n) is 6.25. The molecular formula is C14H11NO5S. The molecule has 21 heavy (non-hydrogen) atoms. The number of carbonyl (C=O) groups excluding carboxylic acids is 2. The van der Waals surface area contributed by atoms with Gasteiger partial charge < -0.3 is 0 Å². The van der Waals surface area contributed by atoms with Crippen LogP contribution in [-0.2, 0) is 10.1 Å². The molecule has 6 nitrogen and oxygen atoms in total. The maximum atomic E-state index is 12.3. The Morgan fingerprint density at radius 3 is 2.29 bits per heavy atom. The number of fused-ring (bicyclic) bond motifs is 3. The van der Waals surface area contributed by atoms with Gasteiger partial charge in [-0.15, -0.1) is 0 Å². The molecule has 1 heterocycles. The molecule has 0 saturated heterocycles. The molecule has 0 spiro atoms. The summed E-state index contributed by atoms with van der Waals surface area (Å²) in [6.45, 7) is 1.86. The van der Waals surface area contributed by atoms with Crippen molar-refractivity contribution in [1.82, 2.24) is 4.90 Å². The molecule has 0 saturated carbocycles. The van der Waals surface area contributed by atoms with E-state index in [1.165, 1.54) is 6.07 Å². The molecule has 2 aromatic carbocycles. The lowest BCUT2D eigenvalue weighted by Gasteiger charge is -2.09. The third kappa shape index (κ3) is 1.85. The number of amides is 2. The first-order chi connectivity index (χ1) is 9.86. The Labute approximate surface area is 120 Å². The second-order valence-corrected chi connectivity index (χ2v) is 6.06. The second-order valence-electron chi connectivity index (χ2n) is 4.67. The van der Waals surface area contributed by atoms with E-state index >= 15 is 0 Å². The van der Waals surface area contributed by atoms with Crippen LogP contribution in [0.3, 0.4) is 0 Å². The lowest BCUT2D eigenvalue weighted by atomic mass is 10.0. The second kappa shape index (κ2) is 4.37. The highest BCUT2D eigenvalue weighted by molar-refractivity contribution is 7.86. The number of hydrogen-bond donors (Lipinski definition) is 1. The van der Waals surface area contributed by atoms with Crippen molar-refractivity contribution < 1.29 is 22.6 Å². The maximum Gasteiger partial charge on any atom is 0.295 e. The Bertz CT molecular complexity index is 901. The average Bonchev–Trinajstić information content (AvgIpc) is 2.68. The van der Waals surface area contributed by atoms with Crippen molar-refractivity contribution in [1.29, 1.82) is 0 Å². The fourth-order valence-electron chi connectivity index (χ4n) is 2.61. The van der Waals surface area contributed by atoms with Crippen molar-refractivity contribution in [3.8, 4) is 0 Å². The predicted molar refractivity (Wildman–Crippen MR) is 74.8 cm³/mol. The minimum atomic E-state index is -4.50. The molecule has 0 atom stereocenters. The minimum absolute atomic E-state index is 0.00757. The summed E-state index contributed by atoms with van der Waals surface area (Å²) in [4.78, 5) is 25.2. The summed E-state index contributed by atoms with van der Waals surface area (Å²) < 4.78 is 32.4. The first kappa shape index (κ1) is 13.7. The molecule has 1 aliphatic heterocycles. The maximum absolute atomic E-state index is 12.3. The van der Waals surface area contributed by atoms with Crippen LogP contribution in [0.15, 0.2) is 35.2 Å². The van der Waals surface area contributed by atoms with Crippen LogP contribution in [-0.4, -0.2) is 36.2 Å². The van der Waals surface area contributed by atoms with Crippen LogP contribution in [0.1, 0.15) is 27.6 Å². The molecule has 0 aliphatic carbocycles. The molecule has 0 unspecified atom stereocenters. The molecule has 0 aromatic heterocycles. The molecule has 2 aromatic rings. The molecule has 7 heteroatoms. The van der Waals surface area contributed by atoms with Crippen molar-refractivity contribution in [2.24, 2.45) is 0 Å². The van der Waals surface area contributed by atoms with Crippen LogP contribution >= 0.6 is 0 Å². The number of hydrogen-bond acceptors (Lipinski definition) is 4. The van der Waals surface area contributed by atoms with Crippen molar-refractivity contribution >= 4 is 32.7 Å². The van der Waals surface area contributed by atoms with Crippen LogP contribution in [0.4, 0.5) is 0 Å². The van der Waals surface area contributed by atoms with Gasteiger partial charge in [-0.1, -0.05) is 24.3 Å². The highest BCUT2D eigenvalue weighted by Crippen LogP contribution is 2.34. The molecule has 0 radical (unpaired) electrons. The fraction of sp³-hybridized carbons (Fsp3) is 0.143. The van der Waals surface area contributed by atoms with Gasteiger partial charge in [0.2, 0.25) is 0 Å². The Hall–Kier alpha value is -2.25. The first-order valence-corrected chi connectivity index (χ1v) is 7.69. The summed E-state index contributed by atoms with van der Waals surface area (Å²) in [7, 11) is -4.50. The topological polar surface area (TPSA) is 91.8 Å². The third-order valence-corrected chi connectivity index (χ3v) is 4.43. The fourth-order valence-corrected chi connectivity index (χ4v) is 3.34. The molecule has 108 valence electrons. The van der Waals surface area contributed by atoms with Gasteiger partial charge in [0.25, 0.3) is 21.9 Å². The summed E-state index contributed by atoms with van der Waals surface area (Å²) in [6, 6.07) is 7.37. The summed E-state index contributed by atoms with van der Waals surface area (Å²) in [5.41, 5.74) is 0.193. The van der Waals surface area contributed by atoms with Gasteiger partial charge in [-0.05, 0) is 18.4 Å². The lowest BCUT2D eigenvalue weighted by molar-refractivity contribution is 0.0663. The van der Waals surface area contributed by atoms with Crippen molar-refractivity contribution in [2.75, 3.05) is 6.54 Å². The van der Waals surface area contributed by atoms with E-state index in [1.54, 1.807) is 25.1 Å². The van der Waals surface area contributed by atoms with Gasteiger partial charge in [-0.3, -0.25) is 19.0 Å². The van der Waals surface area contributed by atoms with Gasteiger partial charge in [0, 0.05) is 11.9 Å². The Kier molecular flexibility index (Phi) is 2.86. The normalized spacial score (nSPS) is 14.9. The van der Waals surface area contributed by atoms with Gasteiger partial charge in [0.05, 0.1) is 11.1 Å². The zero-order valence-corrected chi connectivity index (χ0v) is 11.8. The molecule has 1 N–H and O–H groups in total. The highest BCUT2D eigenvalue weighted by Gasteiger charge is 2.37. The Morgan fingerprint density at radius 2 is 1.71 bits per heavy atom. The molecule has 0 bridgehead atoms. The zero-order valence-electron chi connectivity index (χ0n) is 11.0. The van der Waals surface area contributed by atoms with Crippen LogP contribution in [0.5, 0.6) is 0 Å². The highest BCUT2D eigenvalue weighted by atomic mass is 32.2. The molecular weight excluding hydrogens is 294 g/mol.